The van der Waals surface area contributed by atoms with Gasteiger partial charge >= 0.3 is 15.5 Å². The molecule has 1 saturated heterocycles. The van der Waals surface area contributed by atoms with Gasteiger partial charge in [-0.25, -0.2) is 13.1 Å². The first kappa shape index (κ1) is 12.7. The van der Waals surface area contributed by atoms with E-state index in [4.69, 9.17) is 4.74 Å². The van der Waals surface area contributed by atoms with Gasteiger partial charge in [0.15, 0.2) is 0 Å². The summed E-state index contributed by atoms with van der Waals surface area (Å²) in [5, 5.41) is 2.87. The van der Waals surface area contributed by atoms with Gasteiger partial charge in [-0.3, -0.25) is 0 Å². The number of halogens is 3. The van der Waals surface area contributed by atoms with Crippen LogP contribution in [0.25, 0.3) is 0 Å². The smallest absolute Gasteiger partial charge is 0.374 e. The molecule has 15 heavy (non-hydrogen) atoms. The normalized spacial score (nSPS) is 24.1. The Morgan fingerprint density at radius 2 is 2.13 bits per heavy atom. The van der Waals surface area contributed by atoms with Gasteiger partial charge in [0.25, 0.3) is 0 Å². The Kier molecular flexibility index (Phi) is 3.93. The topological polar surface area (TPSA) is 67.4 Å². The van der Waals surface area contributed by atoms with E-state index in [0.29, 0.717) is 19.7 Å². The molecular formula is C6H11F3N2O3S. The van der Waals surface area contributed by atoms with Crippen molar-refractivity contribution in [1.82, 2.24) is 10.0 Å². The van der Waals surface area contributed by atoms with Gasteiger partial charge in [-0.1, -0.05) is 0 Å². The zero-order chi connectivity index (χ0) is 11.5. The van der Waals surface area contributed by atoms with Crippen molar-refractivity contribution >= 4 is 10.0 Å². The van der Waals surface area contributed by atoms with Crippen LogP contribution >= 0.6 is 0 Å². The molecule has 1 atom stereocenters. The number of rotatable bonds is 3. The van der Waals surface area contributed by atoms with Crippen LogP contribution in [0.4, 0.5) is 13.2 Å². The third-order valence-corrected chi connectivity index (χ3v) is 2.97. The summed E-state index contributed by atoms with van der Waals surface area (Å²) in [6.07, 6.45) is -0.559. The third-order valence-electron chi connectivity index (χ3n) is 1.81. The summed E-state index contributed by atoms with van der Waals surface area (Å²) in [6.45, 7) is 0.927. The standard InChI is InChI=1S/C6H11F3N2O3S/c7-6(8,9)15(12,13)11-4-5-3-10-1-2-14-5/h5,10-11H,1-4H2. The van der Waals surface area contributed by atoms with E-state index in [0.717, 1.165) is 0 Å². The lowest BCUT2D eigenvalue weighted by atomic mass is 10.3. The lowest BCUT2D eigenvalue weighted by molar-refractivity contribution is -0.0454. The number of hydrogen-bond acceptors (Lipinski definition) is 4. The van der Waals surface area contributed by atoms with E-state index >= 15 is 0 Å². The van der Waals surface area contributed by atoms with Crippen molar-refractivity contribution in [2.75, 3.05) is 26.2 Å². The molecule has 0 radical (unpaired) electrons. The number of alkyl halides is 3. The highest BCUT2D eigenvalue weighted by atomic mass is 32.2. The molecule has 0 spiro atoms. The van der Waals surface area contributed by atoms with Gasteiger partial charge in [0.1, 0.15) is 0 Å². The summed E-state index contributed by atoms with van der Waals surface area (Å²) in [4.78, 5) is 0. The monoisotopic (exact) mass is 248 g/mol. The van der Waals surface area contributed by atoms with Crippen molar-refractivity contribution in [3.8, 4) is 0 Å². The molecule has 0 amide bonds. The first-order valence-corrected chi connectivity index (χ1v) is 5.69. The second-order valence-electron chi connectivity index (χ2n) is 2.99. The van der Waals surface area contributed by atoms with Crippen LogP contribution < -0.4 is 10.0 Å². The van der Waals surface area contributed by atoms with Crippen molar-refractivity contribution in [3.05, 3.63) is 0 Å². The van der Waals surface area contributed by atoms with Crippen molar-refractivity contribution in [2.24, 2.45) is 0 Å². The van der Waals surface area contributed by atoms with Crippen LogP contribution in [0.5, 0.6) is 0 Å². The van der Waals surface area contributed by atoms with E-state index in [1.54, 1.807) is 0 Å². The highest BCUT2D eigenvalue weighted by Gasteiger charge is 2.45. The van der Waals surface area contributed by atoms with E-state index in [1.165, 1.54) is 4.72 Å². The predicted octanol–water partition coefficient (Wildman–Crippen LogP) is -0.586. The first-order valence-electron chi connectivity index (χ1n) is 4.21. The second kappa shape index (κ2) is 4.64. The molecule has 0 aliphatic carbocycles. The second-order valence-corrected chi connectivity index (χ2v) is 4.75. The molecule has 1 rings (SSSR count). The van der Waals surface area contributed by atoms with Crippen molar-refractivity contribution in [3.63, 3.8) is 0 Å². The van der Waals surface area contributed by atoms with Crippen LogP contribution in [0, 0.1) is 0 Å². The summed E-state index contributed by atoms with van der Waals surface area (Å²) >= 11 is 0. The van der Waals surface area contributed by atoms with E-state index in [-0.39, 0.29) is 6.54 Å². The highest BCUT2D eigenvalue weighted by molar-refractivity contribution is 7.90. The molecule has 0 bridgehead atoms. The molecule has 1 aliphatic rings. The van der Waals surface area contributed by atoms with Gasteiger partial charge in [-0.15, -0.1) is 0 Å². The number of morpholine rings is 1. The molecule has 1 aliphatic heterocycles. The van der Waals surface area contributed by atoms with E-state index in [2.05, 4.69) is 5.32 Å². The average molecular weight is 248 g/mol. The SMILES string of the molecule is O=S(=O)(NCC1CNCCO1)C(F)(F)F. The summed E-state index contributed by atoms with van der Waals surface area (Å²) in [5.74, 6) is 0. The predicted molar refractivity (Wildman–Crippen MR) is 45.6 cm³/mol. The fourth-order valence-corrected chi connectivity index (χ4v) is 1.60. The molecule has 0 aromatic rings. The van der Waals surface area contributed by atoms with Crippen molar-refractivity contribution in [2.45, 2.75) is 11.6 Å². The Bertz CT molecular complexity index is 297. The zero-order valence-corrected chi connectivity index (χ0v) is 8.49. The Morgan fingerprint density at radius 1 is 1.47 bits per heavy atom. The Morgan fingerprint density at radius 3 is 2.60 bits per heavy atom. The van der Waals surface area contributed by atoms with Crippen LogP contribution in [0.3, 0.4) is 0 Å². The molecule has 0 aromatic heterocycles. The van der Waals surface area contributed by atoms with Crippen LogP contribution in [0.15, 0.2) is 0 Å². The number of sulfonamides is 1. The largest absolute Gasteiger partial charge is 0.511 e. The highest BCUT2D eigenvalue weighted by Crippen LogP contribution is 2.21. The Hall–Kier alpha value is -0.380. The van der Waals surface area contributed by atoms with Gasteiger partial charge < -0.3 is 10.1 Å². The molecule has 1 heterocycles. The maximum atomic E-state index is 11.9. The van der Waals surface area contributed by atoms with Crippen LogP contribution in [-0.4, -0.2) is 46.3 Å². The fourth-order valence-electron chi connectivity index (χ4n) is 1.04. The van der Waals surface area contributed by atoms with Crippen LogP contribution in [-0.2, 0) is 14.8 Å². The number of nitrogens with one attached hydrogen (secondary N) is 2. The number of hydrogen-bond donors (Lipinski definition) is 2. The maximum Gasteiger partial charge on any atom is 0.511 e. The molecule has 9 heteroatoms. The Labute approximate surface area is 85.0 Å². The lowest BCUT2D eigenvalue weighted by Crippen LogP contribution is -2.47. The average Bonchev–Trinajstić information content (AvgIpc) is 2.15. The molecular weight excluding hydrogens is 237 g/mol. The molecule has 0 aromatic carbocycles. The fraction of sp³-hybridized carbons (Fsp3) is 1.00. The third kappa shape index (κ3) is 3.59. The van der Waals surface area contributed by atoms with Gasteiger partial charge in [-0.2, -0.15) is 13.2 Å². The minimum absolute atomic E-state index is 0.334. The van der Waals surface area contributed by atoms with Crippen molar-refractivity contribution in [1.29, 1.82) is 0 Å². The quantitative estimate of drug-likeness (QED) is 0.701. The molecule has 90 valence electrons. The summed E-state index contributed by atoms with van der Waals surface area (Å²) in [5.41, 5.74) is -5.27. The molecule has 1 fully saturated rings. The molecule has 0 saturated carbocycles. The summed E-state index contributed by atoms with van der Waals surface area (Å²) in [7, 11) is -5.25. The first-order chi connectivity index (χ1) is 6.83. The lowest BCUT2D eigenvalue weighted by Gasteiger charge is -2.23. The minimum atomic E-state index is -5.27. The maximum absolute atomic E-state index is 11.9. The van der Waals surface area contributed by atoms with Crippen molar-refractivity contribution < 1.29 is 26.3 Å². The minimum Gasteiger partial charge on any atom is -0.374 e. The van der Waals surface area contributed by atoms with E-state index < -0.39 is 21.6 Å². The molecule has 5 nitrogen and oxygen atoms in total. The van der Waals surface area contributed by atoms with E-state index in [9.17, 15) is 21.6 Å². The van der Waals surface area contributed by atoms with Gasteiger partial charge in [0.2, 0.25) is 0 Å². The van der Waals surface area contributed by atoms with E-state index in [1.807, 2.05) is 0 Å². The summed E-state index contributed by atoms with van der Waals surface area (Å²) in [6, 6.07) is 0. The van der Waals surface area contributed by atoms with Crippen LogP contribution in [0.2, 0.25) is 0 Å². The van der Waals surface area contributed by atoms with Gasteiger partial charge in [-0.05, 0) is 0 Å². The van der Waals surface area contributed by atoms with Gasteiger partial charge in [0, 0.05) is 19.6 Å². The Balaban J connectivity index is 2.42. The van der Waals surface area contributed by atoms with Crippen LogP contribution in [0.1, 0.15) is 0 Å². The molecule has 1 unspecified atom stereocenters. The number of ether oxygens (including phenoxy) is 1. The zero-order valence-electron chi connectivity index (χ0n) is 7.67. The summed E-state index contributed by atoms with van der Waals surface area (Å²) < 4.78 is 63.3. The molecule has 2 N–H and O–H groups in total. The van der Waals surface area contributed by atoms with Gasteiger partial charge in [0.05, 0.1) is 12.7 Å².